The lowest BCUT2D eigenvalue weighted by Crippen LogP contribution is -2.51. The summed E-state index contributed by atoms with van der Waals surface area (Å²) in [7, 11) is 2.09. The SMILES string of the molecule is CN1CCN(C(=O)CC2(COc3ccccc3)CCN(C(=O)c3ccc(Cl)cc3)CC2)CC1. The highest BCUT2D eigenvalue weighted by Crippen LogP contribution is 2.37. The van der Waals surface area contributed by atoms with Crippen LogP contribution in [-0.4, -0.2) is 79.4 Å². The van der Waals surface area contributed by atoms with E-state index in [2.05, 4.69) is 11.9 Å². The van der Waals surface area contributed by atoms with E-state index in [1.807, 2.05) is 40.1 Å². The molecular weight excluding hydrogens is 438 g/mol. The summed E-state index contributed by atoms with van der Waals surface area (Å²) in [5.41, 5.74) is 0.355. The molecule has 2 aliphatic heterocycles. The van der Waals surface area contributed by atoms with Crippen LogP contribution in [0, 0.1) is 5.41 Å². The van der Waals surface area contributed by atoms with Gasteiger partial charge in [0.05, 0.1) is 6.61 Å². The summed E-state index contributed by atoms with van der Waals surface area (Å²) in [5, 5.41) is 0.615. The second-order valence-electron chi connectivity index (χ2n) is 9.26. The van der Waals surface area contributed by atoms with Gasteiger partial charge in [-0.05, 0) is 56.3 Å². The molecule has 2 saturated heterocycles. The number of nitrogens with zero attached hydrogens (tertiary/aromatic N) is 3. The van der Waals surface area contributed by atoms with Gasteiger partial charge in [-0.3, -0.25) is 9.59 Å². The molecule has 0 atom stereocenters. The Hall–Kier alpha value is -2.57. The Balaban J connectivity index is 1.43. The highest BCUT2D eigenvalue weighted by Gasteiger charge is 2.40. The maximum absolute atomic E-state index is 13.2. The first-order valence-electron chi connectivity index (χ1n) is 11.6. The molecule has 2 aromatic carbocycles. The third kappa shape index (κ3) is 6.06. The van der Waals surface area contributed by atoms with Gasteiger partial charge in [0.2, 0.25) is 5.91 Å². The highest BCUT2D eigenvalue weighted by molar-refractivity contribution is 6.30. The van der Waals surface area contributed by atoms with Crippen LogP contribution in [0.25, 0.3) is 0 Å². The van der Waals surface area contributed by atoms with Gasteiger partial charge in [-0.15, -0.1) is 0 Å². The average Bonchev–Trinajstić information content (AvgIpc) is 2.84. The van der Waals surface area contributed by atoms with E-state index in [1.54, 1.807) is 24.3 Å². The molecule has 0 radical (unpaired) electrons. The van der Waals surface area contributed by atoms with Crippen molar-refractivity contribution in [3.05, 3.63) is 65.2 Å². The number of amides is 2. The van der Waals surface area contributed by atoms with Crippen molar-refractivity contribution in [2.45, 2.75) is 19.3 Å². The molecule has 2 fully saturated rings. The van der Waals surface area contributed by atoms with E-state index >= 15 is 0 Å². The van der Waals surface area contributed by atoms with Gasteiger partial charge in [-0.1, -0.05) is 29.8 Å². The summed E-state index contributed by atoms with van der Waals surface area (Å²) < 4.78 is 6.15. The number of benzene rings is 2. The molecule has 176 valence electrons. The van der Waals surface area contributed by atoms with Gasteiger partial charge in [0.15, 0.2) is 0 Å². The fraction of sp³-hybridized carbons (Fsp3) is 0.462. The lowest BCUT2D eigenvalue weighted by atomic mass is 9.75. The zero-order valence-electron chi connectivity index (χ0n) is 19.2. The van der Waals surface area contributed by atoms with E-state index in [0.717, 1.165) is 44.8 Å². The number of hydrogen-bond donors (Lipinski definition) is 0. The van der Waals surface area contributed by atoms with E-state index < -0.39 is 0 Å². The predicted octanol–water partition coefficient (Wildman–Crippen LogP) is 3.81. The Labute approximate surface area is 201 Å². The van der Waals surface area contributed by atoms with E-state index in [0.29, 0.717) is 36.7 Å². The monoisotopic (exact) mass is 469 g/mol. The minimum absolute atomic E-state index is 0.00892. The van der Waals surface area contributed by atoms with Gasteiger partial charge in [-0.2, -0.15) is 0 Å². The third-order valence-corrected chi connectivity index (χ3v) is 7.12. The van der Waals surface area contributed by atoms with E-state index in [4.69, 9.17) is 16.3 Å². The second-order valence-corrected chi connectivity index (χ2v) is 9.70. The molecule has 7 heteroatoms. The summed E-state index contributed by atoms with van der Waals surface area (Å²) in [6.07, 6.45) is 1.92. The van der Waals surface area contributed by atoms with Gasteiger partial charge in [0, 0.05) is 61.7 Å². The van der Waals surface area contributed by atoms with Crippen LogP contribution in [0.3, 0.4) is 0 Å². The minimum atomic E-state index is -0.285. The van der Waals surface area contributed by atoms with Crippen molar-refractivity contribution in [3.8, 4) is 5.75 Å². The van der Waals surface area contributed by atoms with Crippen LogP contribution in [-0.2, 0) is 4.79 Å². The molecule has 0 bridgehead atoms. The van der Waals surface area contributed by atoms with Crippen LogP contribution in [0.4, 0.5) is 0 Å². The van der Waals surface area contributed by atoms with Gasteiger partial charge in [0.25, 0.3) is 5.91 Å². The van der Waals surface area contributed by atoms with Crippen LogP contribution < -0.4 is 4.74 Å². The molecule has 4 rings (SSSR count). The van der Waals surface area contributed by atoms with E-state index in [9.17, 15) is 9.59 Å². The van der Waals surface area contributed by atoms with Gasteiger partial charge < -0.3 is 19.4 Å². The summed E-state index contributed by atoms with van der Waals surface area (Å²) in [4.78, 5) is 32.3. The number of piperazine rings is 1. The lowest BCUT2D eigenvalue weighted by Gasteiger charge is -2.42. The quantitative estimate of drug-likeness (QED) is 0.645. The van der Waals surface area contributed by atoms with E-state index in [1.165, 1.54) is 0 Å². The van der Waals surface area contributed by atoms with Crippen molar-refractivity contribution < 1.29 is 14.3 Å². The molecular formula is C26H32ClN3O3. The molecule has 33 heavy (non-hydrogen) atoms. The smallest absolute Gasteiger partial charge is 0.253 e. The van der Waals surface area contributed by atoms with Crippen molar-refractivity contribution in [1.29, 1.82) is 0 Å². The first kappa shape index (κ1) is 23.6. The molecule has 2 amide bonds. The van der Waals surface area contributed by atoms with Gasteiger partial charge in [-0.25, -0.2) is 0 Å². The number of ether oxygens (including phenoxy) is 1. The standard InChI is InChI=1S/C26H32ClN3O3/c1-28-15-17-29(18-16-28)24(31)19-26(20-33-23-5-3-2-4-6-23)11-13-30(14-12-26)25(32)21-7-9-22(27)10-8-21/h2-10H,11-20H2,1H3. The number of halogens is 1. The number of hydrogen-bond acceptors (Lipinski definition) is 4. The van der Waals surface area contributed by atoms with Crippen LogP contribution in [0.2, 0.25) is 5.02 Å². The summed E-state index contributed by atoms with van der Waals surface area (Å²) in [5.74, 6) is 1.01. The lowest BCUT2D eigenvalue weighted by molar-refractivity contribution is -0.136. The number of carbonyl (C=O) groups is 2. The second kappa shape index (κ2) is 10.6. The van der Waals surface area contributed by atoms with Gasteiger partial charge >= 0.3 is 0 Å². The molecule has 0 saturated carbocycles. The molecule has 2 aliphatic rings. The zero-order chi connectivity index (χ0) is 23.3. The molecule has 0 aliphatic carbocycles. The maximum Gasteiger partial charge on any atom is 0.253 e. The Kier molecular flexibility index (Phi) is 7.56. The Bertz CT molecular complexity index is 935. The Morgan fingerprint density at radius 3 is 2.15 bits per heavy atom. The van der Waals surface area contributed by atoms with Crippen molar-refractivity contribution >= 4 is 23.4 Å². The zero-order valence-corrected chi connectivity index (χ0v) is 20.0. The molecule has 0 N–H and O–H groups in total. The molecule has 0 spiro atoms. The van der Waals surface area contributed by atoms with Crippen LogP contribution in [0.1, 0.15) is 29.6 Å². The largest absolute Gasteiger partial charge is 0.493 e. The predicted molar refractivity (Wildman–Crippen MR) is 130 cm³/mol. The summed E-state index contributed by atoms with van der Waals surface area (Å²) in [6.45, 7) is 5.04. The number of piperidine rings is 1. The maximum atomic E-state index is 13.2. The van der Waals surface area contributed by atoms with Gasteiger partial charge in [0.1, 0.15) is 5.75 Å². The van der Waals surface area contributed by atoms with Crippen molar-refractivity contribution in [3.63, 3.8) is 0 Å². The topological polar surface area (TPSA) is 53.1 Å². The first-order valence-corrected chi connectivity index (χ1v) is 12.0. The molecule has 2 aromatic rings. The Morgan fingerprint density at radius 2 is 1.52 bits per heavy atom. The third-order valence-electron chi connectivity index (χ3n) is 6.87. The van der Waals surface area contributed by atoms with Crippen molar-refractivity contribution in [2.75, 3.05) is 52.9 Å². The number of carbonyl (C=O) groups excluding carboxylic acids is 2. The van der Waals surface area contributed by atoms with Crippen LogP contribution in [0.15, 0.2) is 54.6 Å². The Morgan fingerprint density at radius 1 is 0.879 bits per heavy atom. The minimum Gasteiger partial charge on any atom is -0.493 e. The number of likely N-dealkylation sites (tertiary alicyclic amines) is 1. The number of rotatable bonds is 6. The van der Waals surface area contributed by atoms with Crippen LogP contribution >= 0.6 is 11.6 Å². The fourth-order valence-electron chi connectivity index (χ4n) is 4.57. The first-order chi connectivity index (χ1) is 15.9. The molecule has 0 unspecified atom stereocenters. The van der Waals surface area contributed by atoms with Crippen molar-refractivity contribution in [2.24, 2.45) is 5.41 Å². The molecule has 2 heterocycles. The number of likely N-dealkylation sites (N-methyl/N-ethyl adjacent to an activating group) is 1. The summed E-state index contributed by atoms with van der Waals surface area (Å²) >= 11 is 5.97. The molecule has 0 aromatic heterocycles. The van der Waals surface area contributed by atoms with Crippen LogP contribution in [0.5, 0.6) is 5.75 Å². The van der Waals surface area contributed by atoms with Crippen molar-refractivity contribution in [1.82, 2.24) is 14.7 Å². The highest BCUT2D eigenvalue weighted by atomic mass is 35.5. The van der Waals surface area contributed by atoms with E-state index in [-0.39, 0.29) is 17.2 Å². The average molecular weight is 470 g/mol. The fourth-order valence-corrected chi connectivity index (χ4v) is 4.70. The molecule has 6 nitrogen and oxygen atoms in total. The number of para-hydroxylation sites is 1. The normalized spacial score (nSPS) is 18.7. The summed E-state index contributed by atoms with van der Waals surface area (Å²) in [6, 6.07) is 16.8.